The lowest BCUT2D eigenvalue weighted by molar-refractivity contribution is 0.191. The van der Waals surface area contributed by atoms with Gasteiger partial charge in [-0.1, -0.05) is 65.0 Å². The van der Waals surface area contributed by atoms with Crippen LogP contribution in [0, 0.1) is 0 Å². The van der Waals surface area contributed by atoms with Crippen LogP contribution < -0.4 is 0 Å². The van der Waals surface area contributed by atoms with Crippen molar-refractivity contribution in [1.29, 1.82) is 0 Å². The average Bonchev–Trinajstić information content (AvgIpc) is 2.54. The molecule has 0 fully saturated rings. The minimum Gasteiger partial charge on any atom is -0.416 e. The van der Waals surface area contributed by atoms with Gasteiger partial charge in [-0.15, -0.1) is 0 Å². The summed E-state index contributed by atoms with van der Waals surface area (Å²) in [5.74, 6) is 0. The highest BCUT2D eigenvalue weighted by atomic mass is 28.4. The molecule has 1 aromatic rings. The maximum atomic E-state index is 6.62. The Balaban J connectivity index is 2.93. The Morgan fingerprint density at radius 2 is 1.35 bits per heavy atom. The Kier molecular flexibility index (Phi) is 6.97. The zero-order valence-electron chi connectivity index (χ0n) is 14.0. The Morgan fingerprint density at radius 1 is 0.850 bits per heavy atom. The molecule has 0 radical (unpaired) electrons. The maximum Gasteiger partial charge on any atom is 0.192 e. The van der Waals surface area contributed by atoms with Crippen LogP contribution in [0.4, 0.5) is 0 Å². The summed E-state index contributed by atoms with van der Waals surface area (Å²) in [6, 6.07) is 14.6. The summed E-state index contributed by atoms with van der Waals surface area (Å²) in [6.07, 6.45) is 2.30. The molecule has 0 aliphatic rings. The van der Waals surface area contributed by atoms with Gasteiger partial charge in [0.2, 0.25) is 0 Å². The third-order valence-corrected chi connectivity index (χ3v) is 9.95. The SMILES string of the molecule is CCC(CC)(CO[Si](CC)(CC)CC)c1ccccc1. The van der Waals surface area contributed by atoms with Crippen LogP contribution >= 0.6 is 0 Å². The predicted octanol–water partition coefficient (Wildman–Crippen LogP) is 5.77. The van der Waals surface area contributed by atoms with Gasteiger partial charge in [0.25, 0.3) is 0 Å². The molecule has 0 unspecified atom stereocenters. The van der Waals surface area contributed by atoms with E-state index in [2.05, 4.69) is 65.0 Å². The Labute approximate surface area is 126 Å². The highest BCUT2D eigenvalue weighted by Crippen LogP contribution is 2.34. The van der Waals surface area contributed by atoms with Crippen molar-refractivity contribution < 1.29 is 4.43 Å². The van der Waals surface area contributed by atoms with Gasteiger partial charge in [0.15, 0.2) is 8.32 Å². The lowest BCUT2D eigenvalue weighted by Gasteiger charge is -2.37. The summed E-state index contributed by atoms with van der Waals surface area (Å²) in [4.78, 5) is 0. The fourth-order valence-electron chi connectivity index (χ4n) is 3.08. The molecular weight excluding hydrogens is 260 g/mol. The van der Waals surface area contributed by atoms with Crippen molar-refractivity contribution >= 4 is 8.32 Å². The van der Waals surface area contributed by atoms with E-state index in [-0.39, 0.29) is 5.41 Å². The van der Waals surface area contributed by atoms with Crippen LogP contribution in [-0.4, -0.2) is 14.9 Å². The minimum absolute atomic E-state index is 0.193. The summed E-state index contributed by atoms with van der Waals surface area (Å²) >= 11 is 0. The lowest BCUT2D eigenvalue weighted by Crippen LogP contribution is -2.42. The van der Waals surface area contributed by atoms with Crippen molar-refractivity contribution in [3.63, 3.8) is 0 Å². The van der Waals surface area contributed by atoms with E-state index in [9.17, 15) is 0 Å². The molecule has 1 aromatic carbocycles. The molecule has 0 N–H and O–H groups in total. The van der Waals surface area contributed by atoms with E-state index in [1.807, 2.05) is 0 Å². The molecule has 0 amide bonds. The van der Waals surface area contributed by atoms with Crippen molar-refractivity contribution in [3.05, 3.63) is 35.9 Å². The molecule has 0 saturated carbocycles. The fraction of sp³-hybridized carbons (Fsp3) is 0.667. The minimum atomic E-state index is -1.49. The molecule has 1 rings (SSSR count). The maximum absolute atomic E-state index is 6.62. The average molecular weight is 293 g/mol. The summed E-state index contributed by atoms with van der Waals surface area (Å²) in [7, 11) is -1.49. The van der Waals surface area contributed by atoms with Crippen molar-refractivity contribution in [2.75, 3.05) is 6.61 Å². The Morgan fingerprint density at radius 3 is 1.75 bits per heavy atom. The van der Waals surface area contributed by atoms with Crippen molar-refractivity contribution in [1.82, 2.24) is 0 Å². The second-order valence-electron chi connectivity index (χ2n) is 5.89. The molecule has 114 valence electrons. The lowest BCUT2D eigenvalue weighted by atomic mass is 9.77. The summed E-state index contributed by atoms with van der Waals surface area (Å²) < 4.78 is 6.62. The third-order valence-electron chi connectivity index (χ3n) is 5.33. The second-order valence-corrected chi connectivity index (χ2v) is 10.7. The van der Waals surface area contributed by atoms with E-state index in [4.69, 9.17) is 4.43 Å². The summed E-state index contributed by atoms with van der Waals surface area (Å²) in [6.45, 7) is 12.4. The van der Waals surface area contributed by atoms with Gasteiger partial charge >= 0.3 is 0 Å². The van der Waals surface area contributed by atoms with Gasteiger partial charge in [0, 0.05) is 12.0 Å². The zero-order chi connectivity index (χ0) is 15.1. The molecule has 1 nitrogen and oxygen atoms in total. The highest BCUT2D eigenvalue weighted by molar-refractivity contribution is 6.73. The highest BCUT2D eigenvalue weighted by Gasteiger charge is 2.35. The topological polar surface area (TPSA) is 9.23 Å². The number of benzene rings is 1. The van der Waals surface area contributed by atoms with E-state index in [0.29, 0.717) is 0 Å². The van der Waals surface area contributed by atoms with Crippen LogP contribution in [0.5, 0.6) is 0 Å². The second kappa shape index (κ2) is 7.99. The number of hydrogen-bond acceptors (Lipinski definition) is 1. The van der Waals surface area contributed by atoms with E-state index < -0.39 is 8.32 Å². The number of hydrogen-bond donors (Lipinski definition) is 0. The number of rotatable bonds is 9. The normalized spacial score (nSPS) is 12.7. The molecule has 20 heavy (non-hydrogen) atoms. The molecule has 0 heterocycles. The summed E-state index contributed by atoms with van der Waals surface area (Å²) in [5.41, 5.74) is 1.63. The smallest absolute Gasteiger partial charge is 0.192 e. The van der Waals surface area contributed by atoms with Crippen molar-refractivity contribution in [3.8, 4) is 0 Å². The third kappa shape index (κ3) is 3.73. The van der Waals surface area contributed by atoms with E-state index in [1.165, 1.54) is 23.7 Å². The standard InChI is InChI=1S/C18H32OSi/c1-6-18(7-2,17-14-12-11-13-15-17)16-19-20(8-3,9-4)10-5/h11-15H,6-10,16H2,1-5H3. The molecule has 0 atom stereocenters. The first-order valence-electron chi connectivity index (χ1n) is 8.31. The van der Waals surface area contributed by atoms with Gasteiger partial charge in [-0.25, -0.2) is 0 Å². The van der Waals surface area contributed by atoms with Crippen LogP contribution in [0.2, 0.25) is 18.1 Å². The Bertz CT molecular complexity index is 358. The molecule has 0 aromatic heterocycles. The predicted molar refractivity (Wildman–Crippen MR) is 91.9 cm³/mol. The van der Waals surface area contributed by atoms with E-state index >= 15 is 0 Å². The van der Waals surface area contributed by atoms with Gasteiger partial charge in [0.1, 0.15) is 0 Å². The molecular formula is C18H32OSi. The molecule has 2 heteroatoms. The first kappa shape index (κ1) is 17.4. The Hall–Kier alpha value is -0.603. The van der Waals surface area contributed by atoms with Gasteiger partial charge in [-0.2, -0.15) is 0 Å². The van der Waals surface area contributed by atoms with E-state index in [1.54, 1.807) is 0 Å². The van der Waals surface area contributed by atoms with Crippen molar-refractivity contribution in [2.24, 2.45) is 0 Å². The molecule has 0 aliphatic carbocycles. The molecule has 0 aliphatic heterocycles. The molecule has 0 saturated heterocycles. The van der Waals surface area contributed by atoms with Gasteiger partial charge in [-0.3, -0.25) is 0 Å². The molecule has 0 bridgehead atoms. The quantitative estimate of drug-likeness (QED) is 0.525. The van der Waals surface area contributed by atoms with Crippen LogP contribution in [0.3, 0.4) is 0 Å². The van der Waals surface area contributed by atoms with Crippen LogP contribution in [0.15, 0.2) is 30.3 Å². The van der Waals surface area contributed by atoms with Gasteiger partial charge in [0.05, 0.1) is 0 Å². The zero-order valence-corrected chi connectivity index (χ0v) is 15.0. The van der Waals surface area contributed by atoms with Gasteiger partial charge in [-0.05, 0) is 36.5 Å². The fourth-order valence-corrected chi connectivity index (χ4v) is 5.78. The summed E-state index contributed by atoms with van der Waals surface area (Å²) in [5, 5.41) is 0. The van der Waals surface area contributed by atoms with Gasteiger partial charge < -0.3 is 4.43 Å². The van der Waals surface area contributed by atoms with Crippen LogP contribution in [0.1, 0.15) is 53.0 Å². The molecule has 0 spiro atoms. The van der Waals surface area contributed by atoms with Crippen LogP contribution in [-0.2, 0) is 9.84 Å². The largest absolute Gasteiger partial charge is 0.416 e. The first-order valence-corrected chi connectivity index (χ1v) is 10.8. The van der Waals surface area contributed by atoms with Crippen molar-refractivity contribution in [2.45, 2.75) is 71.0 Å². The first-order chi connectivity index (χ1) is 9.62. The van der Waals surface area contributed by atoms with E-state index in [0.717, 1.165) is 19.4 Å². The monoisotopic (exact) mass is 292 g/mol. The van der Waals surface area contributed by atoms with Crippen LogP contribution in [0.25, 0.3) is 0 Å².